The van der Waals surface area contributed by atoms with Gasteiger partial charge >= 0.3 is 5.97 Å². The van der Waals surface area contributed by atoms with Gasteiger partial charge in [-0.15, -0.1) is 0 Å². The number of anilines is 2. The minimum atomic E-state index is -4.01. The lowest BCUT2D eigenvalue weighted by Crippen LogP contribution is -2.16. The van der Waals surface area contributed by atoms with E-state index in [9.17, 15) is 18.3 Å². The number of aromatic nitrogens is 2. The van der Waals surface area contributed by atoms with Crippen LogP contribution in [0.3, 0.4) is 0 Å². The van der Waals surface area contributed by atoms with Gasteiger partial charge in [-0.3, -0.25) is 9.71 Å². The van der Waals surface area contributed by atoms with Crippen molar-refractivity contribution in [2.45, 2.75) is 18.4 Å². The van der Waals surface area contributed by atoms with Gasteiger partial charge in [0.25, 0.3) is 10.0 Å². The van der Waals surface area contributed by atoms with Gasteiger partial charge in [-0.05, 0) is 54.4 Å². The maximum absolute atomic E-state index is 13.6. The summed E-state index contributed by atoms with van der Waals surface area (Å²) >= 11 is 0. The number of aryl methyl sites for hydroxylation is 1. The van der Waals surface area contributed by atoms with E-state index >= 15 is 0 Å². The van der Waals surface area contributed by atoms with Crippen molar-refractivity contribution in [1.82, 2.24) is 9.97 Å². The molecule has 3 aromatic carbocycles. The zero-order valence-corrected chi connectivity index (χ0v) is 23.6. The van der Waals surface area contributed by atoms with Crippen LogP contribution in [0.25, 0.3) is 10.9 Å². The number of methoxy groups -OCH3 is 1. The van der Waals surface area contributed by atoms with Gasteiger partial charge in [-0.2, -0.15) is 0 Å². The van der Waals surface area contributed by atoms with E-state index in [1.165, 1.54) is 6.20 Å². The zero-order valence-electron chi connectivity index (χ0n) is 22.8. The molecule has 0 atom stereocenters. The average Bonchev–Trinajstić information content (AvgIpc) is 2.99. The van der Waals surface area contributed by atoms with Gasteiger partial charge in [0.1, 0.15) is 10.6 Å². The SMILES string of the molecule is COc1ccc(CNc2cc(C#Cc3ccccc3NS(=O)(=O)c3c(C)ccc4cccnc34)cnc2C(=O)O)cc1. The van der Waals surface area contributed by atoms with E-state index in [-0.39, 0.29) is 10.6 Å². The number of carboxylic acids is 1. The van der Waals surface area contributed by atoms with Gasteiger partial charge in [0.15, 0.2) is 5.69 Å². The Bertz CT molecular complexity index is 1960. The summed E-state index contributed by atoms with van der Waals surface area (Å²) in [6.07, 6.45) is 2.93. The Balaban J connectivity index is 1.43. The molecule has 0 aliphatic heterocycles. The van der Waals surface area contributed by atoms with E-state index in [2.05, 4.69) is 31.8 Å². The molecule has 10 heteroatoms. The van der Waals surface area contributed by atoms with E-state index in [1.54, 1.807) is 62.7 Å². The van der Waals surface area contributed by atoms with Gasteiger partial charge in [0.2, 0.25) is 0 Å². The second-order valence-electron chi connectivity index (χ2n) is 9.31. The number of sulfonamides is 1. The molecule has 0 aliphatic carbocycles. The fourth-order valence-corrected chi connectivity index (χ4v) is 5.84. The molecule has 3 N–H and O–H groups in total. The summed E-state index contributed by atoms with van der Waals surface area (Å²) in [5.41, 5.74) is 3.21. The molecular weight excluding hydrogens is 552 g/mol. The summed E-state index contributed by atoms with van der Waals surface area (Å²) in [7, 11) is -2.43. The van der Waals surface area contributed by atoms with Crippen molar-refractivity contribution >= 4 is 38.3 Å². The number of fused-ring (bicyclic) bond motifs is 1. The molecule has 0 saturated heterocycles. The van der Waals surface area contributed by atoms with Crippen LogP contribution in [0.5, 0.6) is 5.75 Å². The third kappa shape index (κ3) is 6.16. The first-order valence-corrected chi connectivity index (χ1v) is 14.3. The van der Waals surface area contributed by atoms with E-state index in [4.69, 9.17) is 4.74 Å². The molecule has 0 fully saturated rings. The normalized spacial score (nSPS) is 10.9. The van der Waals surface area contributed by atoms with Crippen LogP contribution in [0.2, 0.25) is 0 Å². The maximum Gasteiger partial charge on any atom is 0.356 e. The third-order valence-corrected chi connectivity index (χ3v) is 7.98. The molecule has 210 valence electrons. The van der Waals surface area contributed by atoms with Gasteiger partial charge in [-0.25, -0.2) is 18.2 Å². The van der Waals surface area contributed by atoms with E-state index in [0.29, 0.717) is 45.5 Å². The predicted octanol–water partition coefficient (Wildman–Crippen LogP) is 5.46. The largest absolute Gasteiger partial charge is 0.497 e. The molecule has 0 aliphatic rings. The van der Waals surface area contributed by atoms with Gasteiger partial charge in [-0.1, -0.05) is 54.3 Å². The quantitative estimate of drug-likeness (QED) is 0.207. The van der Waals surface area contributed by atoms with E-state index in [1.807, 2.05) is 36.4 Å². The summed E-state index contributed by atoms with van der Waals surface area (Å²) in [5, 5.41) is 13.5. The Morgan fingerprint density at radius 3 is 2.50 bits per heavy atom. The number of aromatic carboxylic acids is 1. The number of nitrogens with zero attached hydrogens (tertiary/aromatic N) is 2. The summed E-state index contributed by atoms with van der Waals surface area (Å²) in [6.45, 7) is 2.08. The molecule has 0 saturated carbocycles. The highest BCUT2D eigenvalue weighted by molar-refractivity contribution is 7.93. The number of ether oxygens (including phenoxy) is 1. The maximum atomic E-state index is 13.6. The number of hydrogen-bond donors (Lipinski definition) is 3. The van der Waals surface area contributed by atoms with Crippen LogP contribution in [0, 0.1) is 18.8 Å². The Morgan fingerprint density at radius 2 is 1.74 bits per heavy atom. The number of pyridine rings is 2. The molecule has 0 unspecified atom stereocenters. The van der Waals surface area contributed by atoms with Crippen molar-refractivity contribution in [1.29, 1.82) is 0 Å². The van der Waals surface area contributed by atoms with Crippen LogP contribution in [-0.2, 0) is 16.6 Å². The highest BCUT2D eigenvalue weighted by Gasteiger charge is 2.22. The zero-order chi connectivity index (χ0) is 29.7. The van der Waals surface area contributed by atoms with E-state index in [0.717, 1.165) is 11.3 Å². The molecule has 42 heavy (non-hydrogen) atoms. The second-order valence-corrected chi connectivity index (χ2v) is 10.9. The summed E-state index contributed by atoms with van der Waals surface area (Å²) in [4.78, 5) is 20.3. The number of carboxylic acid groups (broad SMARTS) is 1. The van der Waals surface area contributed by atoms with Gasteiger partial charge in [0.05, 0.1) is 24.0 Å². The van der Waals surface area contributed by atoms with Gasteiger partial charge < -0.3 is 15.2 Å². The lowest BCUT2D eigenvalue weighted by Gasteiger charge is -2.13. The van der Waals surface area contributed by atoms with Crippen LogP contribution in [0.1, 0.15) is 32.7 Å². The van der Waals surface area contributed by atoms with Crippen molar-refractivity contribution in [3.05, 3.63) is 119 Å². The third-order valence-electron chi connectivity index (χ3n) is 6.44. The fourth-order valence-electron chi connectivity index (χ4n) is 4.35. The highest BCUT2D eigenvalue weighted by atomic mass is 32.2. The van der Waals surface area contributed by atoms with Crippen molar-refractivity contribution in [2.75, 3.05) is 17.1 Å². The molecule has 2 aromatic heterocycles. The first-order chi connectivity index (χ1) is 20.2. The highest BCUT2D eigenvalue weighted by Crippen LogP contribution is 2.28. The second kappa shape index (κ2) is 12.0. The number of nitrogens with one attached hydrogen (secondary N) is 2. The summed E-state index contributed by atoms with van der Waals surface area (Å²) in [6, 6.07) is 22.9. The van der Waals surface area contributed by atoms with Crippen LogP contribution in [0.4, 0.5) is 11.4 Å². The first-order valence-electron chi connectivity index (χ1n) is 12.8. The molecule has 0 radical (unpaired) electrons. The first kappa shape index (κ1) is 28.1. The lowest BCUT2D eigenvalue weighted by molar-refractivity contribution is 0.0691. The number of para-hydroxylation sites is 1. The summed E-state index contributed by atoms with van der Waals surface area (Å²) in [5.74, 6) is 5.52. The van der Waals surface area contributed by atoms with Crippen molar-refractivity contribution < 1.29 is 23.1 Å². The molecule has 2 heterocycles. The van der Waals surface area contributed by atoms with Crippen molar-refractivity contribution in [3.63, 3.8) is 0 Å². The average molecular weight is 579 g/mol. The van der Waals surface area contributed by atoms with Crippen LogP contribution < -0.4 is 14.8 Å². The lowest BCUT2D eigenvalue weighted by atomic mass is 10.1. The minimum absolute atomic E-state index is 0.101. The van der Waals surface area contributed by atoms with Crippen LogP contribution >= 0.6 is 0 Å². The Hall–Kier alpha value is -5.40. The van der Waals surface area contributed by atoms with Crippen LogP contribution in [0.15, 0.2) is 96.2 Å². The molecule has 5 aromatic rings. The standard InChI is InChI=1S/C32H26N4O5S/c1-21-9-13-25-7-5-17-33-29(25)31(21)42(39,40)36-27-8-4-3-6-24(27)14-10-23-18-28(30(32(37)38)35-20-23)34-19-22-11-15-26(41-2)16-12-22/h3-9,11-13,15-18,20,34,36H,19H2,1-2H3,(H,37,38). The van der Waals surface area contributed by atoms with E-state index < -0.39 is 16.0 Å². The summed E-state index contributed by atoms with van der Waals surface area (Å²) < 4.78 is 35.0. The minimum Gasteiger partial charge on any atom is -0.497 e. The molecule has 0 amide bonds. The smallest absolute Gasteiger partial charge is 0.356 e. The Labute approximate surface area is 243 Å². The Kier molecular flexibility index (Phi) is 8.04. The van der Waals surface area contributed by atoms with Crippen molar-refractivity contribution in [2.24, 2.45) is 0 Å². The Morgan fingerprint density at radius 1 is 0.952 bits per heavy atom. The van der Waals surface area contributed by atoms with Crippen molar-refractivity contribution in [3.8, 4) is 17.6 Å². The predicted molar refractivity (Wildman–Crippen MR) is 161 cm³/mol. The van der Waals surface area contributed by atoms with Crippen LogP contribution in [-0.4, -0.2) is 36.6 Å². The topological polar surface area (TPSA) is 131 Å². The number of benzene rings is 3. The monoisotopic (exact) mass is 578 g/mol. The molecule has 0 bridgehead atoms. The fraction of sp³-hybridized carbons (Fsp3) is 0.0938. The number of hydrogen-bond acceptors (Lipinski definition) is 7. The molecule has 0 spiro atoms. The molecule has 9 nitrogen and oxygen atoms in total. The molecular formula is C32H26N4O5S. The number of carbonyl (C=O) groups is 1. The molecule has 5 rings (SSSR count). The van der Waals surface area contributed by atoms with Gasteiger partial charge in [0, 0.05) is 35.5 Å². The number of rotatable bonds is 8.